The van der Waals surface area contributed by atoms with E-state index in [0.717, 1.165) is 19.6 Å². The van der Waals surface area contributed by atoms with E-state index < -0.39 is 53.0 Å². The topological polar surface area (TPSA) is 162 Å². The molecule has 0 bridgehead atoms. The van der Waals surface area contributed by atoms with Crippen molar-refractivity contribution in [3.8, 4) is 11.5 Å². The first-order chi connectivity index (χ1) is 22.8. The van der Waals surface area contributed by atoms with Crippen molar-refractivity contribution in [2.45, 2.75) is 19.6 Å². The monoisotopic (exact) mass is 644 g/mol. The molecule has 0 aromatic heterocycles. The van der Waals surface area contributed by atoms with Crippen LogP contribution >= 0.6 is 0 Å². The summed E-state index contributed by atoms with van der Waals surface area (Å²) in [6.07, 6.45) is -0.0563. The summed E-state index contributed by atoms with van der Waals surface area (Å²) in [4.78, 5) is 94.4. The minimum Gasteiger partial charge on any atom is -0.457 e. The summed E-state index contributed by atoms with van der Waals surface area (Å²) in [7, 11) is 2.72. The van der Waals surface area contributed by atoms with E-state index in [1.807, 2.05) is 0 Å². The van der Waals surface area contributed by atoms with Crippen LogP contribution in [0.5, 0.6) is 11.5 Å². The van der Waals surface area contributed by atoms with Crippen molar-refractivity contribution in [3.63, 3.8) is 0 Å². The molecule has 3 aromatic rings. The van der Waals surface area contributed by atoms with Gasteiger partial charge in [-0.2, -0.15) is 0 Å². The fraction of sp³-hybridized carbons (Fsp3) is 0.171. The van der Waals surface area contributed by atoms with E-state index in [0.29, 0.717) is 22.9 Å². The third-order valence-electron chi connectivity index (χ3n) is 9.62. The summed E-state index contributed by atoms with van der Waals surface area (Å²) in [6, 6.07) is 15.3. The number of amides is 7. The molecule has 4 aliphatic heterocycles. The summed E-state index contributed by atoms with van der Waals surface area (Å²) in [5.41, 5.74) is 0.495. The Labute approximate surface area is 271 Å². The Hall–Kier alpha value is -6.21. The first-order valence-corrected chi connectivity index (χ1v) is 14.9. The second-order valence-electron chi connectivity index (χ2n) is 12.4. The third-order valence-corrected chi connectivity index (χ3v) is 9.62. The number of aliphatic hydroxyl groups is 1. The highest BCUT2D eigenvalue weighted by Gasteiger charge is 2.57. The number of benzene rings is 3. The fourth-order valence-electron chi connectivity index (χ4n) is 6.91. The van der Waals surface area contributed by atoms with E-state index in [-0.39, 0.29) is 45.4 Å². The Morgan fingerprint density at radius 3 is 1.88 bits per heavy atom. The summed E-state index contributed by atoms with van der Waals surface area (Å²) >= 11 is 0. The SMILES string of the molecule is CN1C(=O)C2=C(CC3(C)C(=O)N(c4ccc(Oc5ccc(N6C(=O)c7cc8c(cc7C6O)C(=O)N(C)C8=O)cc5)cc4)C(=O)C3=C2)C1=O. The van der Waals surface area contributed by atoms with Crippen LogP contribution in [0, 0.1) is 5.41 Å². The Balaban J connectivity index is 0.985. The van der Waals surface area contributed by atoms with Gasteiger partial charge in [0, 0.05) is 47.6 Å². The maximum Gasteiger partial charge on any atom is 0.262 e. The van der Waals surface area contributed by atoms with Crippen molar-refractivity contribution < 1.29 is 43.4 Å². The maximum absolute atomic E-state index is 13.6. The number of nitrogens with zero attached hydrogens (tertiary/aromatic N) is 4. The number of likely N-dealkylation sites (N-methyl/N-ethyl adjacent to an activating group) is 1. The first kappa shape index (κ1) is 29.2. The van der Waals surface area contributed by atoms with Crippen LogP contribution in [0.3, 0.4) is 0 Å². The lowest BCUT2D eigenvalue weighted by Gasteiger charge is -2.25. The third kappa shape index (κ3) is 3.72. The van der Waals surface area contributed by atoms with Crippen LogP contribution in [0.1, 0.15) is 56.2 Å². The van der Waals surface area contributed by atoms with Gasteiger partial charge in [0.15, 0.2) is 6.23 Å². The molecule has 48 heavy (non-hydrogen) atoms. The molecule has 13 nitrogen and oxygen atoms in total. The molecule has 5 aliphatic rings. The van der Waals surface area contributed by atoms with Gasteiger partial charge in [-0.25, -0.2) is 4.90 Å². The van der Waals surface area contributed by atoms with Crippen LogP contribution in [0.2, 0.25) is 0 Å². The Kier molecular flexibility index (Phi) is 5.87. The van der Waals surface area contributed by atoms with Crippen molar-refractivity contribution in [1.82, 2.24) is 9.80 Å². The maximum atomic E-state index is 13.6. The van der Waals surface area contributed by atoms with E-state index >= 15 is 0 Å². The van der Waals surface area contributed by atoms with Crippen LogP contribution in [-0.2, 0) is 19.2 Å². The van der Waals surface area contributed by atoms with Gasteiger partial charge in [-0.3, -0.25) is 48.3 Å². The molecule has 13 heteroatoms. The molecule has 238 valence electrons. The molecule has 1 saturated heterocycles. The largest absolute Gasteiger partial charge is 0.457 e. The van der Waals surface area contributed by atoms with Crippen LogP contribution < -0.4 is 14.5 Å². The van der Waals surface area contributed by atoms with E-state index in [4.69, 9.17) is 4.74 Å². The lowest BCUT2D eigenvalue weighted by atomic mass is 9.73. The summed E-state index contributed by atoms with van der Waals surface area (Å²) in [5.74, 6) is -2.81. The molecular weight excluding hydrogens is 620 g/mol. The predicted molar refractivity (Wildman–Crippen MR) is 166 cm³/mol. The number of rotatable bonds is 4. The van der Waals surface area contributed by atoms with Gasteiger partial charge in [0.05, 0.1) is 22.2 Å². The van der Waals surface area contributed by atoms with Gasteiger partial charge in [-0.15, -0.1) is 0 Å². The summed E-state index contributed by atoms with van der Waals surface area (Å²) in [5, 5.41) is 11.0. The molecule has 7 amide bonds. The molecule has 0 spiro atoms. The Morgan fingerprint density at radius 2 is 1.25 bits per heavy atom. The second-order valence-corrected chi connectivity index (χ2v) is 12.4. The highest BCUT2D eigenvalue weighted by atomic mass is 16.5. The molecule has 1 fully saturated rings. The lowest BCUT2D eigenvalue weighted by Crippen LogP contribution is -2.35. The molecular formula is C35H24N4O9. The minimum atomic E-state index is -1.37. The molecule has 2 atom stereocenters. The van der Waals surface area contributed by atoms with Gasteiger partial charge in [-0.05, 0) is 80.1 Å². The molecule has 8 rings (SSSR count). The first-order valence-electron chi connectivity index (χ1n) is 14.9. The number of ether oxygens (including phenoxy) is 1. The van der Waals surface area contributed by atoms with E-state index in [2.05, 4.69) is 0 Å². The quantitative estimate of drug-likeness (QED) is 0.421. The Morgan fingerprint density at radius 1 is 0.688 bits per heavy atom. The molecule has 1 aliphatic carbocycles. The standard InChI is InChI=1S/C35H24N4O9/c1-35-15-25-24(29(42)37(3)30(25)43)14-26(35)33(46)39(34(35)47)17-6-10-19(11-7-17)48-18-8-4-16(5-9-18)38-31(44)22-12-20-21(13-23(22)32(38)45)28(41)36(2)27(20)40/h4-14,31,44H,15H2,1-3H3. The number of hydrogen-bond donors (Lipinski definition) is 1. The number of imide groups is 3. The van der Waals surface area contributed by atoms with Gasteiger partial charge < -0.3 is 9.84 Å². The highest BCUT2D eigenvalue weighted by molar-refractivity contribution is 6.33. The average molecular weight is 645 g/mol. The number of carbonyl (C=O) groups excluding carboxylic acids is 7. The Bertz CT molecular complexity index is 2180. The predicted octanol–water partition coefficient (Wildman–Crippen LogP) is 2.86. The molecule has 4 heterocycles. The van der Waals surface area contributed by atoms with Crippen LogP contribution in [0.4, 0.5) is 11.4 Å². The number of fused-ring (bicyclic) bond motifs is 3. The number of hydrogen-bond acceptors (Lipinski definition) is 9. The number of anilines is 2. The van der Waals surface area contributed by atoms with Crippen molar-refractivity contribution >= 4 is 52.7 Å². The van der Waals surface area contributed by atoms with Crippen LogP contribution in [-0.4, -0.2) is 70.4 Å². The van der Waals surface area contributed by atoms with Crippen molar-refractivity contribution in [3.05, 3.63) is 106 Å². The van der Waals surface area contributed by atoms with Crippen molar-refractivity contribution in [2.24, 2.45) is 5.41 Å². The van der Waals surface area contributed by atoms with E-state index in [1.165, 1.54) is 32.3 Å². The van der Waals surface area contributed by atoms with Gasteiger partial charge in [0.2, 0.25) is 5.91 Å². The molecule has 2 unspecified atom stereocenters. The fourth-order valence-corrected chi connectivity index (χ4v) is 6.91. The zero-order valence-electron chi connectivity index (χ0n) is 25.6. The molecule has 3 aromatic carbocycles. The number of aliphatic hydroxyl groups excluding tert-OH is 1. The van der Waals surface area contributed by atoms with Crippen LogP contribution in [0.25, 0.3) is 0 Å². The van der Waals surface area contributed by atoms with Gasteiger partial charge in [0.25, 0.3) is 35.4 Å². The van der Waals surface area contributed by atoms with E-state index in [1.54, 1.807) is 55.5 Å². The molecule has 0 radical (unpaired) electrons. The van der Waals surface area contributed by atoms with E-state index in [9.17, 15) is 38.7 Å². The summed E-state index contributed by atoms with van der Waals surface area (Å²) in [6.45, 7) is 1.60. The molecule has 0 saturated carbocycles. The van der Waals surface area contributed by atoms with Crippen LogP contribution in [0.15, 0.2) is 83.5 Å². The lowest BCUT2D eigenvalue weighted by molar-refractivity contribution is -0.135. The zero-order chi connectivity index (χ0) is 34.0. The minimum absolute atomic E-state index is 0.0491. The van der Waals surface area contributed by atoms with Crippen molar-refractivity contribution in [2.75, 3.05) is 23.9 Å². The number of carbonyl (C=O) groups is 7. The van der Waals surface area contributed by atoms with Crippen molar-refractivity contribution in [1.29, 1.82) is 0 Å². The summed E-state index contributed by atoms with van der Waals surface area (Å²) < 4.78 is 5.94. The van der Waals surface area contributed by atoms with Gasteiger partial charge in [0.1, 0.15) is 11.5 Å². The average Bonchev–Trinajstić information content (AvgIpc) is 3.62. The van der Waals surface area contributed by atoms with Gasteiger partial charge >= 0.3 is 0 Å². The van der Waals surface area contributed by atoms with Gasteiger partial charge in [-0.1, -0.05) is 0 Å². The second kappa shape index (κ2) is 9.65. The molecule has 1 N–H and O–H groups in total. The normalized spacial score (nSPS) is 23.0. The smallest absolute Gasteiger partial charge is 0.262 e. The zero-order valence-corrected chi connectivity index (χ0v) is 25.6. The highest BCUT2D eigenvalue weighted by Crippen LogP contribution is 2.50.